The van der Waals surface area contributed by atoms with E-state index >= 15 is 0 Å². The van der Waals surface area contributed by atoms with Crippen molar-refractivity contribution in [3.8, 4) is 0 Å². The third-order valence-electron chi connectivity index (χ3n) is 6.47. The summed E-state index contributed by atoms with van der Waals surface area (Å²) in [4.78, 5) is 11.6. The Hall–Kier alpha value is -0.830. The number of allylic oxidation sites excluding steroid dienone is 1. The Morgan fingerprint density at radius 3 is 2.07 bits per heavy atom. The molecule has 1 saturated carbocycles. The van der Waals surface area contributed by atoms with E-state index in [4.69, 9.17) is 9.47 Å². The normalized spacial score (nSPS) is 27.3. The van der Waals surface area contributed by atoms with Crippen LogP contribution in [-0.4, -0.2) is 24.8 Å². The summed E-state index contributed by atoms with van der Waals surface area (Å²) in [5.74, 6) is 0.0416. The van der Waals surface area contributed by atoms with Crippen LogP contribution >= 0.6 is 0 Å². The maximum Gasteiger partial charge on any atom is 0.308 e. The minimum Gasteiger partial charge on any atom is -0.469 e. The molecule has 0 N–H and O–H groups in total. The summed E-state index contributed by atoms with van der Waals surface area (Å²) in [6, 6.07) is 0. The summed E-state index contributed by atoms with van der Waals surface area (Å²) >= 11 is 0. The average molecular weight is 379 g/mol. The second-order valence-corrected chi connectivity index (χ2v) is 8.65. The topological polar surface area (TPSA) is 38.8 Å². The molecular weight excluding hydrogens is 336 g/mol. The Labute approximate surface area is 167 Å². The molecule has 0 aromatic heterocycles. The van der Waals surface area contributed by atoms with Crippen LogP contribution in [0.4, 0.5) is 0 Å². The van der Waals surface area contributed by atoms with Gasteiger partial charge in [-0.25, -0.2) is 0 Å². The number of hydrogen-bond acceptors (Lipinski definition) is 3. The van der Waals surface area contributed by atoms with Gasteiger partial charge >= 0.3 is 5.97 Å². The molecule has 1 saturated heterocycles. The first kappa shape index (κ1) is 22.5. The van der Waals surface area contributed by atoms with Crippen LogP contribution in [0.15, 0.2) is 12.2 Å². The summed E-state index contributed by atoms with van der Waals surface area (Å²) < 4.78 is 10.8. The second-order valence-electron chi connectivity index (χ2n) is 8.65. The lowest BCUT2D eigenvalue weighted by molar-refractivity contribution is -0.146. The largest absolute Gasteiger partial charge is 0.469 e. The van der Waals surface area contributed by atoms with Gasteiger partial charge in [0.25, 0.3) is 0 Å². The molecule has 2 fully saturated rings. The summed E-state index contributed by atoms with van der Waals surface area (Å²) in [5, 5.41) is 0. The zero-order chi connectivity index (χ0) is 19.4. The molecule has 27 heavy (non-hydrogen) atoms. The van der Waals surface area contributed by atoms with Crippen molar-refractivity contribution in [1.82, 2.24) is 0 Å². The molecule has 1 aliphatic carbocycles. The SMILES string of the molecule is CCCCCCCCCCCCC/C=C/C1OC12CCC(C(=O)OC)CC2. The lowest BCUT2D eigenvalue weighted by Gasteiger charge is -2.24. The predicted molar refractivity (Wildman–Crippen MR) is 112 cm³/mol. The number of carbonyl (C=O) groups excluding carboxylic acids is 1. The van der Waals surface area contributed by atoms with Crippen molar-refractivity contribution < 1.29 is 14.3 Å². The molecule has 0 radical (unpaired) electrons. The third-order valence-corrected chi connectivity index (χ3v) is 6.47. The van der Waals surface area contributed by atoms with Gasteiger partial charge in [-0.3, -0.25) is 4.79 Å². The molecule has 156 valence electrons. The maximum atomic E-state index is 11.6. The Kier molecular flexibility index (Phi) is 10.5. The van der Waals surface area contributed by atoms with Crippen molar-refractivity contribution in [3.63, 3.8) is 0 Å². The highest BCUT2D eigenvalue weighted by Gasteiger charge is 2.56. The lowest BCUT2D eigenvalue weighted by Crippen LogP contribution is -2.28. The molecule has 2 rings (SSSR count). The number of rotatable bonds is 14. The van der Waals surface area contributed by atoms with Crippen LogP contribution in [0, 0.1) is 5.92 Å². The maximum absolute atomic E-state index is 11.6. The Balaban J connectivity index is 1.41. The molecule has 3 heteroatoms. The molecular formula is C24H42O3. The van der Waals surface area contributed by atoms with Gasteiger partial charge in [0.2, 0.25) is 0 Å². The summed E-state index contributed by atoms with van der Waals surface area (Å²) in [6.45, 7) is 2.28. The minimum absolute atomic E-state index is 0.0471. The number of methoxy groups -OCH3 is 1. The lowest BCUT2D eigenvalue weighted by atomic mass is 9.80. The number of epoxide rings is 1. The summed E-state index contributed by atoms with van der Waals surface area (Å²) in [7, 11) is 1.49. The number of carbonyl (C=O) groups is 1. The van der Waals surface area contributed by atoms with Gasteiger partial charge in [0.15, 0.2) is 0 Å². The van der Waals surface area contributed by atoms with Gasteiger partial charge in [0.05, 0.1) is 18.6 Å². The van der Waals surface area contributed by atoms with Crippen molar-refractivity contribution in [1.29, 1.82) is 0 Å². The van der Waals surface area contributed by atoms with Crippen molar-refractivity contribution in [2.45, 2.75) is 121 Å². The minimum atomic E-state index is -0.0471. The Morgan fingerprint density at radius 2 is 1.52 bits per heavy atom. The van der Waals surface area contributed by atoms with E-state index in [0.29, 0.717) is 6.10 Å². The molecule has 2 aliphatic rings. The predicted octanol–water partition coefficient (Wildman–Crippen LogP) is 6.74. The fourth-order valence-corrected chi connectivity index (χ4v) is 4.49. The fourth-order valence-electron chi connectivity index (χ4n) is 4.49. The van der Waals surface area contributed by atoms with E-state index in [-0.39, 0.29) is 17.5 Å². The smallest absolute Gasteiger partial charge is 0.308 e. The van der Waals surface area contributed by atoms with E-state index in [9.17, 15) is 4.79 Å². The van der Waals surface area contributed by atoms with Crippen LogP contribution in [0.3, 0.4) is 0 Å². The van der Waals surface area contributed by atoms with Gasteiger partial charge < -0.3 is 9.47 Å². The average Bonchev–Trinajstić information content (AvgIpc) is 3.36. The zero-order valence-corrected chi connectivity index (χ0v) is 17.8. The summed E-state index contributed by atoms with van der Waals surface area (Å²) in [5.41, 5.74) is 0.0537. The highest BCUT2D eigenvalue weighted by atomic mass is 16.6. The molecule has 3 nitrogen and oxygen atoms in total. The van der Waals surface area contributed by atoms with E-state index in [1.165, 1.54) is 84.2 Å². The highest BCUT2D eigenvalue weighted by molar-refractivity contribution is 5.72. The second kappa shape index (κ2) is 12.6. The molecule has 1 heterocycles. The van der Waals surface area contributed by atoms with Crippen LogP contribution in [0.5, 0.6) is 0 Å². The molecule has 0 amide bonds. The summed E-state index contributed by atoms with van der Waals surface area (Å²) in [6.07, 6.45) is 25.3. The van der Waals surface area contributed by atoms with E-state index in [0.717, 1.165) is 25.7 Å². The van der Waals surface area contributed by atoms with Gasteiger partial charge in [-0.05, 0) is 38.5 Å². The van der Waals surface area contributed by atoms with Crippen molar-refractivity contribution in [3.05, 3.63) is 12.2 Å². The molecule has 1 aliphatic heterocycles. The van der Waals surface area contributed by atoms with Gasteiger partial charge in [0.1, 0.15) is 6.10 Å². The highest BCUT2D eigenvalue weighted by Crippen LogP contribution is 2.50. The molecule has 0 aromatic carbocycles. The van der Waals surface area contributed by atoms with Gasteiger partial charge in [-0.15, -0.1) is 0 Å². The quantitative estimate of drug-likeness (QED) is 0.145. The zero-order valence-electron chi connectivity index (χ0n) is 17.8. The Bertz CT molecular complexity index is 435. The van der Waals surface area contributed by atoms with Crippen molar-refractivity contribution in [2.75, 3.05) is 7.11 Å². The molecule has 0 bridgehead atoms. The number of esters is 1. The molecule has 1 atom stereocenters. The van der Waals surface area contributed by atoms with Crippen LogP contribution in [0.25, 0.3) is 0 Å². The van der Waals surface area contributed by atoms with Gasteiger partial charge in [-0.2, -0.15) is 0 Å². The molecule has 1 spiro atoms. The van der Waals surface area contributed by atoms with E-state index < -0.39 is 0 Å². The van der Waals surface area contributed by atoms with Gasteiger partial charge in [-0.1, -0.05) is 83.3 Å². The van der Waals surface area contributed by atoms with Crippen LogP contribution in [-0.2, 0) is 14.3 Å². The van der Waals surface area contributed by atoms with E-state index in [1.807, 2.05) is 0 Å². The van der Waals surface area contributed by atoms with Gasteiger partial charge in [0, 0.05) is 0 Å². The Morgan fingerprint density at radius 1 is 0.963 bits per heavy atom. The fraction of sp³-hybridized carbons (Fsp3) is 0.875. The number of hydrogen-bond donors (Lipinski definition) is 0. The molecule has 1 unspecified atom stereocenters. The number of unbranched alkanes of at least 4 members (excludes halogenated alkanes) is 11. The first-order chi connectivity index (χ1) is 13.2. The van der Waals surface area contributed by atoms with Crippen LogP contribution in [0.1, 0.15) is 110 Å². The first-order valence-electron chi connectivity index (χ1n) is 11.6. The van der Waals surface area contributed by atoms with Crippen LogP contribution in [0.2, 0.25) is 0 Å². The van der Waals surface area contributed by atoms with Crippen LogP contribution < -0.4 is 0 Å². The first-order valence-corrected chi connectivity index (χ1v) is 11.6. The monoisotopic (exact) mass is 378 g/mol. The van der Waals surface area contributed by atoms with Crippen molar-refractivity contribution >= 4 is 5.97 Å². The van der Waals surface area contributed by atoms with E-state index in [1.54, 1.807) is 0 Å². The van der Waals surface area contributed by atoms with Crippen molar-refractivity contribution in [2.24, 2.45) is 5.92 Å². The standard InChI is InChI=1S/C24H42O3/c1-3-4-5-6-7-8-9-10-11-12-13-14-15-16-22-24(27-22)19-17-21(18-20-24)23(25)26-2/h15-16,21-22H,3-14,17-20H2,1-2H3/b16-15+. The van der Waals surface area contributed by atoms with E-state index in [2.05, 4.69) is 19.1 Å². The molecule has 0 aromatic rings. The number of ether oxygens (including phenoxy) is 2. The third kappa shape index (κ3) is 7.97.